The molecule has 1 saturated carbocycles. The van der Waals surface area contributed by atoms with E-state index >= 15 is 0 Å². The van der Waals surface area contributed by atoms with Crippen LogP contribution in [0.15, 0.2) is 0 Å². The monoisotopic (exact) mass is 471 g/mol. The van der Waals surface area contributed by atoms with E-state index in [1.807, 2.05) is 0 Å². The Kier molecular flexibility index (Phi) is 8.41. The summed E-state index contributed by atoms with van der Waals surface area (Å²) in [6.07, 6.45) is -17.4. The molecule has 0 amide bonds. The molecule has 188 valence electrons. The fraction of sp³-hybridized carbons (Fsp3) is 1.00. The molecule has 0 spiro atoms. The predicted molar refractivity (Wildman–Crippen MR) is 101 cm³/mol. The van der Waals surface area contributed by atoms with Crippen LogP contribution in [0.25, 0.3) is 0 Å². The summed E-state index contributed by atoms with van der Waals surface area (Å²) in [5.41, 5.74) is 17.8. The number of nitrogens with two attached hydrogens (primary N) is 3. The molecule has 2 aliphatic heterocycles. The minimum atomic E-state index is -1.60. The average Bonchev–Trinajstić information content (AvgIpc) is 3.06. The molecule has 0 radical (unpaired) electrons. The van der Waals surface area contributed by atoms with Crippen LogP contribution in [-0.2, 0) is 18.9 Å². The molecule has 3 fully saturated rings. The number of hydrogen-bond acceptors (Lipinski definition) is 15. The lowest BCUT2D eigenvalue weighted by atomic mass is 9.82. The van der Waals surface area contributed by atoms with Crippen molar-refractivity contribution in [1.29, 1.82) is 0 Å². The van der Waals surface area contributed by atoms with Crippen LogP contribution in [0.3, 0.4) is 0 Å². The van der Waals surface area contributed by atoms with Gasteiger partial charge in [0.25, 0.3) is 0 Å². The molecule has 0 aromatic carbocycles. The Morgan fingerprint density at radius 3 is 1.59 bits per heavy atom. The Bertz CT molecular complexity index is 619. The molecule has 14 N–H and O–H groups in total. The summed E-state index contributed by atoms with van der Waals surface area (Å²) in [5, 5.41) is 79.8. The molecular weight excluding hydrogens is 438 g/mol. The van der Waals surface area contributed by atoms with Gasteiger partial charge in [-0.1, -0.05) is 0 Å². The molecule has 15 heteroatoms. The van der Waals surface area contributed by atoms with E-state index in [2.05, 4.69) is 0 Å². The minimum Gasteiger partial charge on any atom is -0.394 e. The van der Waals surface area contributed by atoms with E-state index < -0.39 is 105 Å². The third-order valence-electron chi connectivity index (χ3n) is 6.23. The normalized spacial score (nSPS) is 54.7. The Labute approximate surface area is 182 Å². The van der Waals surface area contributed by atoms with Crippen LogP contribution >= 0.6 is 0 Å². The lowest BCUT2D eigenvalue weighted by Crippen LogP contribution is -2.72. The van der Waals surface area contributed by atoms with E-state index in [4.69, 9.17) is 36.1 Å². The molecule has 15 unspecified atom stereocenters. The van der Waals surface area contributed by atoms with Crippen LogP contribution in [0.5, 0.6) is 0 Å². The molecule has 3 aliphatic rings. The van der Waals surface area contributed by atoms with Gasteiger partial charge in [0.2, 0.25) is 0 Å². The zero-order valence-electron chi connectivity index (χ0n) is 17.0. The minimum absolute atomic E-state index is 0.615. The summed E-state index contributed by atoms with van der Waals surface area (Å²) in [5.74, 6) is 0. The topological polar surface area (TPSA) is 277 Å². The quantitative estimate of drug-likeness (QED) is 0.171. The van der Waals surface area contributed by atoms with E-state index in [1.54, 1.807) is 0 Å². The van der Waals surface area contributed by atoms with Gasteiger partial charge in [0, 0.05) is 0 Å². The smallest absolute Gasteiger partial charge is 0.187 e. The highest BCUT2D eigenvalue weighted by atomic mass is 16.7. The summed E-state index contributed by atoms with van der Waals surface area (Å²) in [7, 11) is 0. The maximum atomic E-state index is 10.6. The van der Waals surface area contributed by atoms with Gasteiger partial charge in [0.1, 0.15) is 54.9 Å². The summed E-state index contributed by atoms with van der Waals surface area (Å²) < 4.78 is 22.0. The van der Waals surface area contributed by atoms with E-state index in [1.165, 1.54) is 0 Å². The molecule has 1 aliphatic carbocycles. The Morgan fingerprint density at radius 1 is 0.531 bits per heavy atom. The second-order valence-electron chi connectivity index (χ2n) is 8.33. The van der Waals surface area contributed by atoms with Crippen LogP contribution in [0.1, 0.15) is 0 Å². The third kappa shape index (κ3) is 4.65. The van der Waals surface area contributed by atoms with E-state index in [0.717, 1.165) is 0 Å². The summed E-state index contributed by atoms with van der Waals surface area (Å²) in [6, 6.07) is -3.87. The van der Waals surface area contributed by atoms with Gasteiger partial charge < -0.3 is 77.0 Å². The largest absolute Gasteiger partial charge is 0.394 e. The Morgan fingerprint density at radius 2 is 1.03 bits per heavy atom. The Hall–Kier alpha value is -0.600. The standard InChI is InChI=1S/C17H33N3O12/c18-5-10(25)6(19)14(31-16-7(20)11(26)8(23)3(1-21)29-16)15(12(5)27)32-17-13(28)9(24)4(2-22)30-17/h3-17,21-28H,1-2,18-20H2. The molecule has 0 aromatic rings. The van der Waals surface area contributed by atoms with Crippen molar-refractivity contribution in [3.05, 3.63) is 0 Å². The van der Waals surface area contributed by atoms with Crippen molar-refractivity contribution in [1.82, 2.24) is 0 Å². The van der Waals surface area contributed by atoms with Gasteiger partial charge in [-0.25, -0.2) is 0 Å². The van der Waals surface area contributed by atoms with Crippen molar-refractivity contribution in [2.75, 3.05) is 13.2 Å². The zero-order valence-corrected chi connectivity index (χ0v) is 17.0. The summed E-state index contributed by atoms with van der Waals surface area (Å²) in [4.78, 5) is 0. The van der Waals surface area contributed by atoms with Crippen molar-refractivity contribution in [2.45, 2.75) is 91.7 Å². The lowest BCUT2D eigenvalue weighted by Gasteiger charge is -2.48. The summed E-state index contributed by atoms with van der Waals surface area (Å²) >= 11 is 0. The average molecular weight is 471 g/mol. The van der Waals surface area contributed by atoms with Gasteiger partial charge in [-0.3, -0.25) is 0 Å². The molecular formula is C17H33N3O12. The van der Waals surface area contributed by atoms with Crippen LogP contribution in [0, 0.1) is 0 Å². The van der Waals surface area contributed by atoms with Crippen LogP contribution in [0.4, 0.5) is 0 Å². The van der Waals surface area contributed by atoms with Crippen LogP contribution in [-0.4, -0.2) is 146 Å². The first kappa shape index (κ1) is 26.0. The van der Waals surface area contributed by atoms with Gasteiger partial charge in [-0.15, -0.1) is 0 Å². The molecule has 0 bridgehead atoms. The molecule has 3 rings (SSSR count). The second kappa shape index (κ2) is 10.3. The highest BCUT2D eigenvalue weighted by molar-refractivity contribution is 5.06. The van der Waals surface area contributed by atoms with Crippen molar-refractivity contribution in [3.8, 4) is 0 Å². The molecule has 32 heavy (non-hydrogen) atoms. The molecule has 15 atom stereocenters. The third-order valence-corrected chi connectivity index (χ3v) is 6.23. The predicted octanol–water partition coefficient (Wildman–Crippen LogP) is -7.65. The van der Waals surface area contributed by atoms with Crippen molar-refractivity contribution in [3.63, 3.8) is 0 Å². The van der Waals surface area contributed by atoms with E-state index in [9.17, 15) is 40.9 Å². The fourth-order valence-corrected chi connectivity index (χ4v) is 4.12. The van der Waals surface area contributed by atoms with E-state index in [0.29, 0.717) is 0 Å². The van der Waals surface area contributed by atoms with Gasteiger partial charge in [0.15, 0.2) is 12.6 Å². The summed E-state index contributed by atoms with van der Waals surface area (Å²) in [6.45, 7) is -1.28. The highest BCUT2D eigenvalue weighted by Crippen LogP contribution is 2.32. The van der Waals surface area contributed by atoms with Crippen LogP contribution in [0.2, 0.25) is 0 Å². The SMILES string of the molecule is NC1C(OC2C(N)C(O)C(N)C(O)C2OC2OC(CO)C(O)C2O)OC(CO)C(O)C1O. The first-order chi connectivity index (χ1) is 15.0. The number of hydrogen-bond donors (Lipinski definition) is 11. The molecule has 15 nitrogen and oxygen atoms in total. The fourth-order valence-electron chi connectivity index (χ4n) is 4.12. The maximum Gasteiger partial charge on any atom is 0.187 e. The molecule has 0 aromatic heterocycles. The maximum absolute atomic E-state index is 10.6. The van der Waals surface area contributed by atoms with Gasteiger partial charge in [-0.2, -0.15) is 0 Å². The number of ether oxygens (including phenoxy) is 4. The first-order valence-electron chi connectivity index (χ1n) is 10.2. The molecule has 2 saturated heterocycles. The number of aliphatic hydroxyl groups is 8. The van der Waals surface area contributed by atoms with Gasteiger partial charge in [-0.05, 0) is 0 Å². The highest BCUT2D eigenvalue weighted by Gasteiger charge is 2.54. The van der Waals surface area contributed by atoms with Crippen molar-refractivity contribution >= 4 is 0 Å². The van der Waals surface area contributed by atoms with Crippen LogP contribution < -0.4 is 17.2 Å². The van der Waals surface area contributed by atoms with Crippen molar-refractivity contribution < 1.29 is 59.8 Å². The zero-order chi connectivity index (χ0) is 23.9. The lowest BCUT2D eigenvalue weighted by molar-refractivity contribution is -0.315. The van der Waals surface area contributed by atoms with Crippen molar-refractivity contribution in [2.24, 2.45) is 17.2 Å². The molecule has 2 heterocycles. The van der Waals surface area contributed by atoms with Gasteiger partial charge in [0.05, 0.1) is 37.4 Å². The second-order valence-corrected chi connectivity index (χ2v) is 8.33. The van der Waals surface area contributed by atoms with Gasteiger partial charge >= 0.3 is 0 Å². The Balaban J connectivity index is 1.82. The number of aliphatic hydroxyl groups excluding tert-OH is 8. The van der Waals surface area contributed by atoms with E-state index in [-0.39, 0.29) is 0 Å². The number of rotatable bonds is 6. The first-order valence-corrected chi connectivity index (χ1v) is 10.2.